The number of methoxy groups -OCH3 is 1. The lowest BCUT2D eigenvalue weighted by Gasteiger charge is -2.07. The molecular weight excluding hydrogens is 256 g/mol. The van der Waals surface area contributed by atoms with Crippen molar-refractivity contribution >= 4 is 0 Å². The van der Waals surface area contributed by atoms with Gasteiger partial charge in [-0.05, 0) is 17.7 Å². The van der Waals surface area contributed by atoms with Crippen LogP contribution in [-0.4, -0.2) is 40.1 Å². The standard InChI is InChI=1S/C13H19F2NO3/c1-17-8-9-18-7-6-16-10-11-2-4-12(5-3-11)19-13(14)15/h2-5,13,16H,6-10H2,1H3. The van der Waals surface area contributed by atoms with E-state index in [0.29, 0.717) is 26.4 Å². The first-order chi connectivity index (χ1) is 9.22. The molecule has 0 saturated carbocycles. The molecule has 0 unspecified atom stereocenters. The lowest BCUT2D eigenvalue weighted by atomic mass is 10.2. The van der Waals surface area contributed by atoms with Gasteiger partial charge in [-0.1, -0.05) is 12.1 Å². The Morgan fingerprint density at radius 2 is 1.84 bits per heavy atom. The van der Waals surface area contributed by atoms with Gasteiger partial charge >= 0.3 is 6.61 Å². The first kappa shape index (κ1) is 15.8. The van der Waals surface area contributed by atoms with Crippen molar-refractivity contribution in [3.05, 3.63) is 29.8 Å². The van der Waals surface area contributed by atoms with Gasteiger partial charge in [0.05, 0.1) is 19.8 Å². The molecule has 1 aromatic rings. The van der Waals surface area contributed by atoms with Gasteiger partial charge in [0.15, 0.2) is 0 Å². The number of hydrogen-bond donors (Lipinski definition) is 1. The predicted molar refractivity (Wildman–Crippen MR) is 67.5 cm³/mol. The molecule has 6 heteroatoms. The third-order valence-electron chi connectivity index (χ3n) is 2.33. The second-order valence-corrected chi connectivity index (χ2v) is 3.80. The Morgan fingerprint density at radius 3 is 2.47 bits per heavy atom. The molecule has 0 amide bonds. The highest BCUT2D eigenvalue weighted by molar-refractivity contribution is 5.27. The van der Waals surface area contributed by atoms with E-state index in [1.807, 2.05) is 0 Å². The van der Waals surface area contributed by atoms with Crippen molar-refractivity contribution < 1.29 is 23.0 Å². The average molecular weight is 275 g/mol. The van der Waals surface area contributed by atoms with Crippen LogP contribution in [0.3, 0.4) is 0 Å². The number of benzene rings is 1. The third-order valence-corrected chi connectivity index (χ3v) is 2.33. The van der Waals surface area contributed by atoms with Crippen LogP contribution in [0.15, 0.2) is 24.3 Å². The van der Waals surface area contributed by atoms with Crippen LogP contribution in [0.5, 0.6) is 5.75 Å². The molecule has 0 aliphatic carbocycles. The van der Waals surface area contributed by atoms with Gasteiger partial charge in [-0.15, -0.1) is 0 Å². The Kier molecular flexibility index (Phi) is 8.04. The Hall–Kier alpha value is -1.24. The maximum atomic E-state index is 11.9. The predicted octanol–water partition coefficient (Wildman–Crippen LogP) is 2.04. The molecule has 0 atom stereocenters. The lowest BCUT2D eigenvalue weighted by molar-refractivity contribution is -0.0498. The van der Waals surface area contributed by atoms with Crippen LogP contribution >= 0.6 is 0 Å². The minimum atomic E-state index is -2.78. The molecule has 1 rings (SSSR count). The summed E-state index contributed by atoms with van der Waals surface area (Å²) in [5, 5.41) is 3.18. The molecule has 0 aromatic heterocycles. The van der Waals surface area contributed by atoms with Crippen molar-refractivity contribution in [2.75, 3.05) is 33.5 Å². The average Bonchev–Trinajstić information content (AvgIpc) is 2.39. The summed E-state index contributed by atoms with van der Waals surface area (Å²) < 4.78 is 38.3. The fraction of sp³-hybridized carbons (Fsp3) is 0.538. The van der Waals surface area contributed by atoms with Gasteiger partial charge in [0.2, 0.25) is 0 Å². The normalized spacial score (nSPS) is 10.9. The smallest absolute Gasteiger partial charge is 0.387 e. The molecule has 108 valence electrons. The van der Waals surface area contributed by atoms with Crippen molar-refractivity contribution in [2.24, 2.45) is 0 Å². The van der Waals surface area contributed by atoms with Gasteiger partial charge in [0.25, 0.3) is 0 Å². The van der Waals surface area contributed by atoms with E-state index >= 15 is 0 Å². The molecule has 19 heavy (non-hydrogen) atoms. The summed E-state index contributed by atoms with van der Waals surface area (Å²) >= 11 is 0. The number of rotatable bonds is 10. The monoisotopic (exact) mass is 275 g/mol. The molecule has 4 nitrogen and oxygen atoms in total. The van der Waals surface area contributed by atoms with E-state index < -0.39 is 6.61 Å². The minimum absolute atomic E-state index is 0.168. The molecule has 0 bridgehead atoms. The van der Waals surface area contributed by atoms with E-state index in [1.165, 1.54) is 12.1 Å². The van der Waals surface area contributed by atoms with E-state index in [-0.39, 0.29) is 5.75 Å². The fourth-order valence-electron chi connectivity index (χ4n) is 1.41. The van der Waals surface area contributed by atoms with Crippen molar-refractivity contribution in [3.8, 4) is 5.75 Å². The van der Waals surface area contributed by atoms with Crippen molar-refractivity contribution in [3.63, 3.8) is 0 Å². The molecular formula is C13H19F2NO3. The molecule has 0 fully saturated rings. The lowest BCUT2D eigenvalue weighted by Crippen LogP contribution is -2.20. The second kappa shape index (κ2) is 9.66. The van der Waals surface area contributed by atoms with Crippen LogP contribution in [0.1, 0.15) is 5.56 Å². The summed E-state index contributed by atoms with van der Waals surface area (Å²) in [4.78, 5) is 0. The maximum Gasteiger partial charge on any atom is 0.387 e. The van der Waals surface area contributed by atoms with Gasteiger partial charge in [-0.2, -0.15) is 8.78 Å². The molecule has 1 aromatic carbocycles. The molecule has 0 aliphatic rings. The van der Waals surface area contributed by atoms with Gasteiger partial charge in [-0.3, -0.25) is 0 Å². The van der Waals surface area contributed by atoms with E-state index in [4.69, 9.17) is 9.47 Å². The molecule has 0 spiro atoms. The third kappa shape index (κ3) is 7.71. The zero-order chi connectivity index (χ0) is 13.9. The number of alkyl halides is 2. The van der Waals surface area contributed by atoms with Crippen LogP contribution in [0, 0.1) is 0 Å². The Balaban J connectivity index is 2.12. The van der Waals surface area contributed by atoms with Crippen LogP contribution in [0.25, 0.3) is 0 Å². The number of ether oxygens (including phenoxy) is 3. The summed E-state index contributed by atoms with van der Waals surface area (Å²) in [7, 11) is 1.63. The summed E-state index contributed by atoms with van der Waals surface area (Å²) in [5.74, 6) is 0.168. The van der Waals surface area contributed by atoms with Crippen LogP contribution in [0.4, 0.5) is 8.78 Å². The topological polar surface area (TPSA) is 39.7 Å². The number of hydrogen-bond acceptors (Lipinski definition) is 4. The minimum Gasteiger partial charge on any atom is -0.435 e. The van der Waals surface area contributed by atoms with E-state index in [0.717, 1.165) is 12.1 Å². The molecule has 0 heterocycles. The molecule has 0 aliphatic heterocycles. The Bertz CT molecular complexity index is 333. The summed E-state index contributed by atoms with van der Waals surface area (Å²) in [6.45, 7) is 0.370. The largest absolute Gasteiger partial charge is 0.435 e. The van der Waals surface area contributed by atoms with E-state index in [1.54, 1.807) is 19.2 Å². The van der Waals surface area contributed by atoms with Gasteiger partial charge in [-0.25, -0.2) is 0 Å². The fourth-order valence-corrected chi connectivity index (χ4v) is 1.41. The number of nitrogens with one attached hydrogen (secondary N) is 1. The van der Waals surface area contributed by atoms with Crippen LogP contribution < -0.4 is 10.1 Å². The van der Waals surface area contributed by atoms with Crippen molar-refractivity contribution in [1.82, 2.24) is 5.32 Å². The quantitative estimate of drug-likeness (QED) is 0.663. The van der Waals surface area contributed by atoms with E-state index in [9.17, 15) is 8.78 Å². The number of halogens is 2. The first-order valence-electron chi connectivity index (χ1n) is 6.03. The molecule has 0 saturated heterocycles. The summed E-state index contributed by atoms with van der Waals surface area (Å²) in [6.07, 6.45) is 0. The SMILES string of the molecule is COCCOCCNCc1ccc(OC(F)F)cc1. The van der Waals surface area contributed by atoms with Crippen molar-refractivity contribution in [1.29, 1.82) is 0 Å². The zero-order valence-electron chi connectivity index (χ0n) is 10.9. The second-order valence-electron chi connectivity index (χ2n) is 3.80. The van der Waals surface area contributed by atoms with Crippen LogP contribution in [-0.2, 0) is 16.0 Å². The Labute approximate surface area is 111 Å². The highest BCUT2D eigenvalue weighted by Gasteiger charge is 2.03. The van der Waals surface area contributed by atoms with Crippen molar-refractivity contribution in [2.45, 2.75) is 13.2 Å². The van der Waals surface area contributed by atoms with Gasteiger partial charge in [0.1, 0.15) is 5.75 Å². The molecule has 0 radical (unpaired) electrons. The first-order valence-corrected chi connectivity index (χ1v) is 6.03. The van der Waals surface area contributed by atoms with E-state index in [2.05, 4.69) is 10.1 Å². The zero-order valence-corrected chi connectivity index (χ0v) is 10.9. The maximum absolute atomic E-state index is 11.9. The Morgan fingerprint density at radius 1 is 1.11 bits per heavy atom. The highest BCUT2D eigenvalue weighted by Crippen LogP contribution is 2.14. The van der Waals surface area contributed by atoms with Crippen LogP contribution in [0.2, 0.25) is 0 Å². The van der Waals surface area contributed by atoms with Gasteiger partial charge < -0.3 is 19.5 Å². The highest BCUT2D eigenvalue weighted by atomic mass is 19.3. The van der Waals surface area contributed by atoms with Gasteiger partial charge in [0, 0.05) is 20.2 Å². The molecule has 1 N–H and O–H groups in total. The summed E-state index contributed by atoms with van der Waals surface area (Å²) in [6, 6.07) is 6.55. The summed E-state index contributed by atoms with van der Waals surface area (Å²) in [5.41, 5.74) is 0.999.